The van der Waals surface area contributed by atoms with Crippen molar-refractivity contribution in [1.82, 2.24) is 0 Å². The topological polar surface area (TPSA) is 118 Å². The Labute approximate surface area is 316 Å². The Morgan fingerprint density at radius 1 is 0.868 bits per heavy atom. The van der Waals surface area contributed by atoms with Crippen LogP contribution in [0.2, 0.25) is 0 Å². The number of carbonyl (C=O) groups is 4. The predicted molar refractivity (Wildman–Crippen MR) is 206 cm³/mol. The van der Waals surface area contributed by atoms with Gasteiger partial charge < -0.3 is 14.9 Å². The van der Waals surface area contributed by atoms with Crippen molar-refractivity contribution in [1.29, 1.82) is 0 Å². The smallest absolute Gasteiger partial charge is 0.309 e. The molecule has 286 valence electrons. The highest BCUT2D eigenvalue weighted by Gasteiger charge is 2.70. The zero-order valence-electron chi connectivity index (χ0n) is 33.1. The summed E-state index contributed by atoms with van der Waals surface area (Å²) in [6.07, 6.45) is 14.2. The van der Waals surface area contributed by atoms with Gasteiger partial charge >= 0.3 is 5.97 Å². The summed E-state index contributed by atoms with van der Waals surface area (Å²) < 4.78 is 4.86. The number of aliphatic hydroxyl groups is 1. The number of methoxy groups -OCH3 is 1. The Morgan fingerprint density at radius 3 is 2.15 bits per heavy atom. The van der Waals surface area contributed by atoms with Crippen LogP contribution in [0.25, 0.3) is 0 Å². The molecule has 53 heavy (non-hydrogen) atoms. The molecule has 1 aromatic carbocycles. The highest BCUT2D eigenvalue weighted by molar-refractivity contribution is 6.19. The van der Waals surface area contributed by atoms with E-state index in [4.69, 9.17) is 4.74 Å². The van der Waals surface area contributed by atoms with Crippen molar-refractivity contribution in [2.75, 3.05) is 7.11 Å². The van der Waals surface area contributed by atoms with Crippen LogP contribution >= 0.6 is 0 Å². The Hall–Kier alpha value is -3.58. The molecule has 0 heterocycles. The molecule has 4 fully saturated rings. The third-order valence-corrected chi connectivity index (χ3v) is 16.1. The number of aliphatic carboxylic acids is 1. The van der Waals surface area contributed by atoms with E-state index in [1.807, 2.05) is 43.3 Å². The van der Waals surface area contributed by atoms with Crippen LogP contribution in [0.15, 0.2) is 78.1 Å². The monoisotopic (exact) mass is 724 g/mol. The van der Waals surface area contributed by atoms with Crippen molar-refractivity contribution < 1.29 is 34.1 Å². The van der Waals surface area contributed by atoms with Gasteiger partial charge in [-0.05, 0) is 121 Å². The fraction of sp³-hybridized carbons (Fsp3) is 0.609. The normalized spacial score (nSPS) is 40.6. The molecule has 0 aromatic heterocycles. The maximum atomic E-state index is 14.2. The maximum absolute atomic E-state index is 14.2. The van der Waals surface area contributed by atoms with E-state index in [1.165, 1.54) is 24.8 Å². The molecule has 0 radical (unpaired) electrons. The number of hydrogen-bond donors (Lipinski definition) is 2. The van der Waals surface area contributed by atoms with Crippen molar-refractivity contribution in [3.05, 3.63) is 83.7 Å². The van der Waals surface area contributed by atoms with E-state index in [0.717, 1.165) is 56.9 Å². The number of carboxylic acid groups (broad SMARTS) is 1. The molecule has 1 aromatic rings. The molecule has 6 aliphatic carbocycles. The quantitative estimate of drug-likeness (QED) is 0.230. The molecule has 7 nitrogen and oxygen atoms in total. The number of carboxylic acids is 1. The largest absolute Gasteiger partial charge is 0.493 e. The number of aliphatic hydroxyl groups excluding tert-OH is 1. The van der Waals surface area contributed by atoms with Gasteiger partial charge in [-0.2, -0.15) is 0 Å². The number of ether oxygens (including phenoxy) is 1. The van der Waals surface area contributed by atoms with E-state index >= 15 is 0 Å². The fourth-order valence-corrected chi connectivity index (χ4v) is 12.4. The zero-order chi connectivity index (χ0) is 38.9. The van der Waals surface area contributed by atoms with Gasteiger partial charge in [0.1, 0.15) is 0 Å². The lowest BCUT2D eigenvalue weighted by atomic mass is 9.33. The molecule has 10 unspecified atom stereocenters. The van der Waals surface area contributed by atoms with E-state index in [1.54, 1.807) is 6.08 Å². The van der Waals surface area contributed by atoms with Gasteiger partial charge in [0.15, 0.2) is 17.3 Å². The average molecular weight is 725 g/mol. The third-order valence-electron chi connectivity index (χ3n) is 16.1. The number of carbonyl (C=O) groups excluding carboxylic acids is 3. The molecule has 6 aliphatic rings. The lowest BCUT2D eigenvalue weighted by Crippen LogP contribution is -2.66. The number of ketones is 3. The van der Waals surface area contributed by atoms with Crippen molar-refractivity contribution in [3.8, 4) is 0 Å². The number of hydrogen-bond acceptors (Lipinski definition) is 6. The van der Waals surface area contributed by atoms with E-state index in [2.05, 4.69) is 48.1 Å². The summed E-state index contributed by atoms with van der Waals surface area (Å²) in [5.41, 5.74) is 1.49. The first-order valence-electron chi connectivity index (χ1n) is 19.6. The van der Waals surface area contributed by atoms with Crippen molar-refractivity contribution >= 4 is 23.3 Å². The second kappa shape index (κ2) is 13.3. The van der Waals surface area contributed by atoms with Gasteiger partial charge in [-0.15, -0.1) is 6.58 Å². The van der Waals surface area contributed by atoms with Crippen LogP contribution in [0.1, 0.15) is 118 Å². The van der Waals surface area contributed by atoms with Crippen LogP contribution in [-0.2, 0) is 23.9 Å². The summed E-state index contributed by atoms with van der Waals surface area (Å²) in [4.78, 5) is 50.3. The molecule has 0 saturated heterocycles. The average Bonchev–Trinajstić information content (AvgIpc) is 3.10. The first-order chi connectivity index (χ1) is 24.7. The second-order valence-corrected chi connectivity index (χ2v) is 19.1. The van der Waals surface area contributed by atoms with Crippen LogP contribution in [0.4, 0.5) is 0 Å². The summed E-state index contributed by atoms with van der Waals surface area (Å²) in [5.74, 6) is -0.660. The molecular formula is C46H60O7. The van der Waals surface area contributed by atoms with Crippen LogP contribution in [-0.4, -0.2) is 46.7 Å². The number of fused-ring (bicyclic) bond motifs is 7. The summed E-state index contributed by atoms with van der Waals surface area (Å²) in [5, 5.41) is 20.9. The van der Waals surface area contributed by atoms with Crippen LogP contribution < -0.4 is 0 Å². The molecule has 10 atom stereocenters. The highest BCUT2D eigenvalue weighted by atomic mass is 16.5. The summed E-state index contributed by atoms with van der Waals surface area (Å²) in [6.45, 7) is 19.6. The second-order valence-electron chi connectivity index (χ2n) is 19.1. The summed E-state index contributed by atoms with van der Waals surface area (Å²) >= 11 is 0. The zero-order valence-corrected chi connectivity index (χ0v) is 33.1. The van der Waals surface area contributed by atoms with Crippen molar-refractivity contribution in [3.63, 3.8) is 0 Å². The van der Waals surface area contributed by atoms with E-state index in [9.17, 15) is 29.4 Å². The van der Waals surface area contributed by atoms with Gasteiger partial charge in [0.25, 0.3) is 0 Å². The Morgan fingerprint density at radius 2 is 1.53 bits per heavy atom. The van der Waals surface area contributed by atoms with E-state index in [0.29, 0.717) is 17.9 Å². The summed E-state index contributed by atoms with van der Waals surface area (Å²) in [6, 6.07) is 9.48. The fourth-order valence-electron chi connectivity index (χ4n) is 12.4. The van der Waals surface area contributed by atoms with E-state index in [-0.39, 0.29) is 74.0 Å². The first-order valence-corrected chi connectivity index (χ1v) is 19.6. The maximum Gasteiger partial charge on any atom is 0.309 e. The SMILES string of the molecule is C=CC(C1=CC(=O)C(OC)=CC1=O)c1ccccc1.CC1(C(=O)O)CCC2(C)CCC3(C)C(=CC(=O)C4C5(C)CCC(O)C(C)(C)C5CCC43C)C2C1. The molecule has 2 N–H and O–H groups in total. The Bertz CT molecular complexity index is 1800. The Balaban J connectivity index is 0.000000214. The van der Waals surface area contributed by atoms with Crippen molar-refractivity contribution in [2.45, 2.75) is 118 Å². The predicted octanol–water partition coefficient (Wildman–Crippen LogP) is 8.98. The van der Waals surface area contributed by atoms with Gasteiger partial charge in [-0.3, -0.25) is 19.2 Å². The van der Waals surface area contributed by atoms with E-state index < -0.39 is 11.4 Å². The highest BCUT2D eigenvalue weighted by Crippen LogP contribution is 2.75. The molecule has 7 rings (SSSR count). The molecular weight excluding hydrogens is 664 g/mol. The minimum Gasteiger partial charge on any atom is -0.493 e. The van der Waals surface area contributed by atoms with Crippen LogP contribution in [0.3, 0.4) is 0 Å². The number of allylic oxidation sites excluding steroid dienone is 6. The molecule has 7 heteroatoms. The van der Waals surface area contributed by atoms with Gasteiger partial charge in [0.2, 0.25) is 5.78 Å². The molecule has 0 bridgehead atoms. The lowest BCUT2D eigenvalue weighted by molar-refractivity contribution is -0.202. The molecule has 4 saturated carbocycles. The van der Waals surface area contributed by atoms with Crippen LogP contribution in [0, 0.1) is 50.2 Å². The van der Waals surface area contributed by atoms with Crippen LogP contribution in [0.5, 0.6) is 0 Å². The molecule has 0 spiro atoms. The lowest BCUT2D eigenvalue weighted by Gasteiger charge is -2.70. The number of benzene rings is 1. The minimum atomic E-state index is -0.711. The van der Waals surface area contributed by atoms with Gasteiger partial charge in [-0.25, -0.2) is 0 Å². The minimum absolute atomic E-state index is 0.0296. The molecule has 0 aliphatic heterocycles. The van der Waals surface area contributed by atoms with Gasteiger partial charge in [0.05, 0.1) is 18.6 Å². The Kier molecular flexibility index (Phi) is 9.83. The summed E-state index contributed by atoms with van der Waals surface area (Å²) in [7, 11) is 1.37. The molecule has 0 amide bonds. The van der Waals surface area contributed by atoms with Gasteiger partial charge in [-0.1, -0.05) is 83.5 Å². The van der Waals surface area contributed by atoms with Crippen molar-refractivity contribution in [2.24, 2.45) is 50.2 Å². The number of rotatable bonds is 5. The standard InChI is InChI=1S/C30H46O4.C16H14O3/c1-25(2)21-8-11-30(7)23(28(21,5)10-9-22(25)32)20(31)16-18-19-17-27(4,24(33)34)13-12-26(19,3)14-15-29(18,30)6;1-3-12(11-7-5-4-6-8-11)13-9-15(18)16(19-2)10-14(13)17/h16,19,21-23,32H,8-15,17H2,1-7H3,(H,33,34);3-10,12H,1H2,2H3. The van der Waals surface area contributed by atoms with Gasteiger partial charge in [0, 0.05) is 23.5 Å². The third kappa shape index (κ3) is 5.95. The first kappa shape index (κ1) is 39.1.